The Morgan fingerprint density at radius 3 is 2.59 bits per heavy atom. The molecule has 3 heterocycles. The van der Waals surface area contributed by atoms with Crippen molar-refractivity contribution < 1.29 is 9.32 Å². The molecule has 27 heavy (non-hydrogen) atoms. The standard InChI is InChI=1S/C21H22N4O2/c1-13-17(18(24-27-13)14-8-6-5-7-9-14)19(26)25-11-15-10-22-20(21(2,3)4)23-16(15)12-25/h5-10H,11-12H2,1-4H3. The molecule has 0 bridgehead atoms. The van der Waals surface area contributed by atoms with E-state index >= 15 is 0 Å². The van der Waals surface area contributed by atoms with Gasteiger partial charge in [-0.2, -0.15) is 0 Å². The van der Waals surface area contributed by atoms with Crippen molar-refractivity contribution in [3.63, 3.8) is 0 Å². The fourth-order valence-electron chi connectivity index (χ4n) is 3.23. The molecular weight excluding hydrogens is 340 g/mol. The number of hydrogen-bond donors (Lipinski definition) is 0. The Bertz CT molecular complexity index is 1000. The number of aromatic nitrogens is 3. The third kappa shape index (κ3) is 3.12. The average Bonchev–Trinajstić information content (AvgIpc) is 3.24. The Morgan fingerprint density at radius 2 is 1.89 bits per heavy atom. The van der Waals surface area contributed by atoms with Crippen LogP contribution in [0.25, 0.3) is 11.3 Å². The maximum atomic E-state index is 13.3. The molecule has 0 saturated heterocycles. The van der Waals surface area contributed by atoms with Gasteiger partial charge in [-0.15, -0.1) is 0 Å². The molecule has 0 aliphatic carbocycles. The van der Waals surface area contributed by atoms with Crippen molar-refractivity contribution in [2.75, 3.05) is 0 Å². The van der Waals surface area contributed by atoms with Crippen molar-refractivity contribution in [3.8, 4) is 11.3 Å². The molecule has 0 unspecified atom stereocenters. The molecule has 6 nitrogen and oxygen atoms in total. The minimum atomic E-state index is -0.127. The average molecular weight is 362 g/mol. The second-order valence-corrected chi connectivity index (χ2v) is 7.91. The van der Waals surface area contributed by atoms with Crippen LogP contribution in [-0.4, -0.2) is 25.9 Å². The number of fused-ring (bicyclic) bond motifs is 1. The Morgan fingerprint density at radius 1 is 1.15 bits per heavy atom. The van der Waals surface area contributed by atoms with E-state index in [4.69, 9.17) is 9.51 Å². The zero-order valence-electron chi connectivity index (χ0n) is 16.0. The van der Waals surface area contributed by atoms with Crippen LogP contribution in [0.5, 0.6) is 0 Å². The zero-order valence-corrected chi connectivity index (χ0v) is 16.0. The molecule has 3 aromatic rings. The van der Waals surface area contributed by atoms with Gasteiger partial charge in [0.2, 0.25) is 0 Å². The maximum Gasteiger partial charge on any atom is 0.260 e. The Kier molecular flexibility index (Phi) is 4.06. The van der Waals surface area contributed by atoms with Crippen molar-refractivity contribution in [2.24, 2.45) is 0 Å². The van der Waals surface area contributed by atoms with Crippen LogP contribution in [0.2, 0.25) is 0 Å². The quantitative estimate of drug-likeness (QED) is 0.691. The third-order valence-electron chi connectivity index (χ3n) is 4.74. The highest BCUT2D eigenvalue weighted by Gasteiger charge is 2.32. The van der Waals surface area contributed by atoms with E-state index in [2.05, 4.69) is 30.9 Å². The molecule has 1 aromatic carbocycles. The molecule has 1 amide bonds. The van der Waals surface area contributed by atoms with Gasteiger partial charge >= 0.3 is 0 Å². The number of amides is 1. The molecule has 1 aliphatic rings. The molecule has 1 aliphatic heterocycles. The van der Waals surface area contributed by atoms with Gasteiger partial charge in [0.25, 0.3) is 5.91 Å². The monoisotopic (exact) mass is 362 g/mol. The van der Waals surface area contributed by atoms with Gasteiger partial charge < -0.3 is 9.42 Å². The summed E-state index contributed by atoms with van der Waals surface area (Å²) < 4.78 is 5.35. The molecular formula is C21H22N4O2. The van der Waals surface area contributed by atoms with Gasteiger partial charge in [-0.3, -0.25) is 4.79 Å². The van der Waals surface area contributed by atoms with Gasteiger partial charge in [0, 0.05) is 29.3 Å². The summed E-state index contributed by atoms with van der Waals surface area (Å²) in [5.74, 6) is 1.22. The smallest absolute Gasteiger partial charge is 0.260 e. The van der Waals surface area contributed by atoms with Crippen LogP contribution in [0.15, 0.2) is 41.1 Å². The van der Waals surface area contributed by atoms with Crippen molar-refractivity contribution in [2.45, 2.75) is 46.2 Å². The van der Waals surface area contributed by atoms with E-state index in [-0.39, 0.29) is 11.3 Å². The molecule has 0 radical (unpaired) electrons. The summed E-state index contributed by atoms with van der Waals surface area (Å²) in [6.45, 7) is 8.99. The SMILES string of the molecule is Cc1onc(-c2ccccc2)c1C(=O)N1Cc2cnc(C(C)(C)C)nc2C1. The summed E-state index contributed by atoms with van der Waals surface area (Å²) in [6.07, 6.45) is 1.84. The summed E-state index contributed by atoms with van der Waals surface area (Å²) in [5, 5.41) is 4.12. The number of nitrogens with zero attached hydrogens (tertiary/aromatic N) is 4. The first-order chi connectivity index (χ1) is 12.8. The van der Waals surface area contributed by atoms with Gasteiger partial charge in [0.1, 0.15) is 22.8 Å². The fraction of sp³-hybridized carbons (Fsp3) is 0.333. The fourth-order valence-corrected chi connectivity index (χ4v) is 3.23. The highest BCUT2D eigenvalue weighted by molar-refractivity contribution is 6.01. The molecule has 0 atom stereocenters. The third-order valence-corrected chi connectivity index (χ3v) is 4.74. The van der Waals surface area contributed by atoms with Gasteiger partial charge in [-0.1, -0.05) is 56.3 Å². The number of carbonyl (C=O) groups is 1. The minimum Gasteiger partial charge on any atom is -0.360 e. The van der Waals surface area contributed by atoms with Crippen LogP contribution >= 0.6 is 0 Å². The maximum absolute atomic E-state index is 13.3. The molecule has 6 heteroatoms. The summed E-state index contributed by atoms with van der Waals surface area (Å²) in [5.41, 5.74) is 3.74. The Labute approximate surface area is 158 Å². The van der Waals surface area contributed by atoms with Gasteiger partial charge in [0.05, 0.1) is 12.2 Å². The molecule has 0 saturated carbocycles. The summed E-state index contributed by atoms with van der Waals surface area (Å²) >= 11 is 0. The van der Waals surface area contributed by atoms with E-state index < -0.39 is 0 Å². The van der Waals surface area contributed by atoms with Gasteiger partial charge in [-0.25, -0.2) is 9.97 Å². The minimum absolute atomic E-state index is 0.0945. The van der Waals surface area contributed by atoms with Crippen LogP contribution in [0.3, 0.4) is 0 Å². The first-order valence-corrected chi connectivity index (χ1v) is 9.01. The van der Waals surface area contributed by atoms with Crippen LogP contribution in [-0.2, 0) is 18.5 Å². The van der Waals surface area contributed by atoms with Crippen molar-refractivity contribution in [1.29, 1.82) is 0 Å². The number of carbonyl (C=O) groups excluding carboxylic acids is 1. The van der Waals surface area contributed by atoms with E-state index in [1.165, 1.54) is 0 Å². The lowest BCUT2D eigenvalue weighted by atomic mass is 9.95. The van der Waals surface area contributed by atoms with E-state index in [1.807, 2.05) is 36.5 Å². The topological polar surface area (TPSA) is 72.1 Å². The van der Waals surface area contributed by atoms with Gasteiger partial charge in [-0.05, 0) is 6.92 Å². The first-order valence-electron chi connectivity index (χ1n) is 9.01. The molecule has 4 rings (SSSR count). The second-order valence-electron chi connectivity index (χ2n) is 7.91. The highest BCUT2D eigenvalue weighted by atomic mass is 16.5. The van der Waals surface area contributed by atoms with Crippen LogP contribution < -0.4 is 0 Å². The summed E-state index contributed by atoms with van der Waals surface area (Å²) in [4.78, 5) is 24.2. The van der Waals surface area contributed by atoms with Gasteiger partial charge in [0.15, 0.2) is 0 Å². The predicted molar refractivity (Wildman–Crippen MR) is 101 cm³/mol. The first kappa shape index (κ1) is 17.4. The lowest BCUT2D eigenvalue weighted by Crippen LogP contribution is -2.26. The van der Waals surface area contributed by atoms with Crippen LogP contribution in [0, 0.1) is 6.92 Å². The highest BCUT2D eigenvalue weighted by Crippen LogP contribution is 2.30. The molecule has 2 aromatic heterocycles. The van der Waals surface area contributed by atoms with E-state index in [0.29, 0.717) is 30.1 Å². The number of rotatable bonds is 2. The molecule has 138 valence electrons. The predicted octanol–water partition coefficient (Wildman–Crippen LogP) is 3.89. The van der Waals surface area contributed by atoms with E-state index in [9.17, 15) is 4.79 Å². The molecule has 0 spiro atoms. The van der Waals surface area contributed by atoms with E-state index in [0.717, 1.165) is 22.6 Å². The summed E-state index contributed by atoms with van der Waals surface area (Å²) in [7, 11) is 0. The van der Waals surface area contributed by atoms with Crippen molar-refractivity contribution in [1.82, 2.24) is 20.0 Å². The van der Waals surface area contributed by atoms with Crippen LogP contribution in [0.4, 0.5) is 0 Å². The second kappa shape index (κ2) is 6.30. The van der Waals surface area contributed by atoms with E-state index in [1.54, 1.807) is 11.8 Å². The van der Waals surface area contributed by atoms with Crippen molar-refractivity contribution >= 4 is 5.91 Å². The van der Waals surface area contributed by atoms with Crippen LogP contribution in [0.1, 0.15) is 54.0 Å². The summed E-state index contributed by atoms with van der Waals surface area (Å²) in [6, 6.07) is 9.62. The molecule has 0 N–H and O–H groups in total. The number of aryl methyl sites for hydroxylation is 1. The normalized spacial score (nSPS) is 13.7. The lowest BCUT2D eigenvalue weighted by molar-refractivity contribution is 0.0749. The van der Waals surface area contributed by atoms with Crippen molar-refractivity contribution in [3.05, 3.63) is 64.9 Å². The zero-order chi connectivity index (χ0) is 19.2. The Balaban J connectivity index is 1.65. The number of hydrogen-bond acceptors (Lipinski definition) is 5. The molecule has 0 fully saturated rings. The lowest BCUT2D eigenvalue weighted by Gasteiger charge is -2.16. The number of benzene rings is 1. The largest absolute Gasteiger partial charge is 0.360 e. The Hall–Kier alpha value is -3.02.